The summed E-state index contributed by atoms with van der Waals surface area (Å²) in [6.45, 7) is -0.0179. The molecule has 1 N–H and O–H groups in total. The molecule has 1 atom stereocenters. The Hall–Kier alpha value is -1.38. The molecule has 0 aliphatic heterocycles. The van der Waals surface area contributed by atoms with E-state index in [9.17, 15) is 9.50 Å². The Morgan fingerprint density at radius 1 is 1.11 bits per heavy atom. The van der Waals surface area contributed by atoms with Crippen molar-refractivity contribution in [1.29, 1.82) is 0 Å². The van der Waals surface area contributed by atoms with Gasteiger partial charge in [0.1, 0.15) is 5.82 Å². The van der Waals surface area contributed by atoms with Gasteiger partial charge in [-0.05, 0) is 41.8 Å². The molecule has 3 heteroatoms. The molecule has 0 saturated heterocycles. The van der Waals surface area contributed by atoms with Crippen LogP contribution in [0.25, 0.3) is 0 Å². The Labute approximate surface area is 111 Å². The van der Waals surface area contributed by atoms with Crippen molar-refractivity contribution in [3.8, 4) is 0 Å². The third-order valence-electron chi connectivity index (χ3n) is 2.91. The summed E-state index contributed by atoms with van der Waals surface area (Å²) in [5.74, 6) is -0.392. The molecule has 0 fully saturated rings. The monoisotopic (exact) mass is 264 g/mol. The van der Waals surface area contributed by atoms with Crippen molar-refractivity contribution in [2.45, 2.75) is 12.3 Å². The number of hydrogen-bond acceptors (Lipinski definition) is 1. The molecule has 0 amide bonds. The van der Waals surface area contributed by atoms with Crippen LogP contribution in [0, 0.1) is 5.82 Å². The van der Waals surface area contributed by atoms with Crippen molar-refractivity contribution >= 4 is 11.6 Å². The lowest BCUT2D eigenvalue weighted by Crippen LogP contribution is -2.08. The van der Waals surface area contributed by atoms with Gasteiger partial charge in [0.2, 0.25) is 0 Å². The second kappa shape index (κ2) is 5.98. The molecule has 0 saturated carbocycles. The topological polar surface area (TPSA) is 20.2 Å². The zero-order valence-electron chi connectivity index (χ0n) is 9.81. The van der Waals surface area contributed by atoms with Gasteiger partial charge in [-0.2, -0.15) is 0 Å². The normalized spacial score (nSPS) is 12.4. The van der Waals surface area contributed by atoms with Crippen molar-refractivity contribution in [2.75, 3.05) is 6.61 Å². The third-order valence-corrected chi connectivity index (χ3v) is 3.15. The smallest absolute Gasteiger partial charge is 0.123 e. The van der Waals surface area contributed by atoms with Gasteiger partial charge < -0.3 is 5.11 Å². The van der Waals surface area contributed by atoms with E-state index in [2.05, 4.69) is 0 Å². The molecule has 2 rings (SSSR count). The van der Waals surface area contributed by atoms with Crippen LogP contribution in [0.4, 0.5) is 4.39 Å². The number of halogens is 2. The lowest BCUT2D eigenvalue weighted by molar-refractivity contribution is 0.264. The van der Waals surface area contributed by atoms with Crippen molar-refractivity contribution in [3.63, 3.8) is 0 Å². The van der Waals surface area contributed by atoms with Gasteiger partial charge >= 0.3 is 0 Å². The molecule has 0 heterocycles. The van der Waals surface area contributed by atoms with E-state index in [-0.39, 0.29) is 18.3 Å². The summed E-state index contributed by atoms with van der Waals surface area (Å²) in [5, 5.41) is 10.1. The summed E-state index contributed by atoms with van der Waals surface area (Å²) in [6, 6.07) is 13.8. The molecule has 2 aromatic carbocycles. The fraction of sp³-hybridized carbons (Fsp3) is 0.200. The summed E-state index contributed by atoms with van der Waals surface area (Å²) in [6.07, 6.45) is 0.639. The molecular weight excluding hydrogens is 251 g/mol. The predicted octanol–water partition coefficient (Wildman–Crippen LogP) is 3.80. The summed E-state index contributed by atoms with van der Waals surface area (Å²) in [5.41, 5.74) is 1.84. The number of aliphatic hydroxyl groups is 1. The van der Waals surface area contributed by atoms with Crippen LogP contribution < -0.4 is 0 Å². The minimum Gasteiger partial charge on any atom is -0.396 e. The Balaban J connectivity index is 2.19. The van der Waals surface area contributed by atoms with Gasteiger partial charge in [-0.25, -0.2) is 4.39 Å². The van der Waals surface area contributed by atoms with Crippen LogP contribution in [0.3, 0.4) is 0 Å². The van der Waals surface area contributed by atoms with E-state index in [4.69, 9.17) is 11.6 Å². The minimum absolute atomic E-state index is 0.0179. The number of hydrogen-bond donors (Lipinski definition) is 1. The maximum atomic E-state index is 13.2. The zero-order valence-corrected chi connectivity index (χ0v) is 10.6. The van der Waals surface area contributed by atoms with E-state index in [1.165, 1.54) is 12.1 Å². The molecule has 0 bridgehead atoms. The van der Waals surface area contributed by atoms with Crippen LogP contribution in [0.2, 0.25) is 5.02 Å². The second-order valence-corrected chi connectivity index (χ2v) is 4.70. The van der Waals surface area contributed by atoms with Crippen molar-refractivity contribution in [1.82, 2.24) is 0 Å². The minimum atomic E-state index is -0.281. The van der Waals surface area contributed by atoms with E-state index >= 15 is 0 Å². The molecule has 1 unspecified atom stereocenters. The molecule has 0 aliphatic carbocycles. The van der Waals surface area contributed by atoms with Gasteiger partial charge in [0.25, 0.3) is 0 Å². The Bertz CT molecular complexity index is 527. The van der Waals surface area contributed by atoms with Crippen LogP contribution in [0.5, 0.6) is 0 Å². The average Bonchev–Trinajstić information content (AvgIpc) is 2.36. The van der Waals surface area contributed by atoms with E-state index in [1.807, 2.05) is 24.3 Å². The predicted molar refractivity (Wildman–Crippen MR) is 71.4 cm³/mol. The first kappa shape index (κ1) is 13.1. The summed E-state index contributed by atoms with van der Waals surface area (Å²) >= 11 is 5.92. The standard InChI is InChI=1S/C15H14ClFO/c16-14-5-1-3-11(8-14)7-13(10-18)12-4-2-6-15(17)9-12/h1-6,8-9,13,18H,7,10H2. The summed E-state index contributed by atoms with van der Waals surface area (Å²) in [4.78, 5) is 0. The van der Waals surface area contributed by atoms with Gasteiger partial charge in [-0.1, -0.05) is 35.9 Å². The molecule has 1 nitrogen and oxygen atoms in total. The van der Waals surface area contributed by atoms with E-state index in [0.717, 1.165) is 11.1 Å². The second-order valence-electron chi connectivity index (χ2n) is 4.27. The first-order valence-electron chi connectivity index (χ1n) is 5.80. The fourth-order valence-corrected chi connectivity index (χ4v) is 2.21. The highest BCUT2D eigenvalue weighted by Crippen LogP contribution is 2.22. The van der Waals surface area contributed by atoms with Crippen LogP contribution in [0.15, 0.2) is 48.5 Å². The van der Waals surface area contributed by atoms with Gasteiger partial charge in [0.15, 0.2) is 0 Å². The van der Waals surface area contributed by atoms with Crippen molar-refractivity contribution in [3.05, 3.63) is 70.5 Å². The Morgan fingerprint density at radius 2 is 1.89 bits per heavy atom. The first-order chi connectivity index (χ1) is 8.69. The quantitative estimate of drug-likeness (QED) is 0.891. The molecule has 18 heavy (non-hydrogen) atoms. The van der Waals surface area contributed by atoms with E-state index in [0.29, 0.717) is 11.4 Å². The lowest BCUT2D eigenvalue weighted by atomic mass is 9.93. The lowest BCUT2D eigenvalue weighted by Gasteiger charge is -2.15. The van der Waals surface area contributed by atoms with Crippen molar-refractivity contribution in [2.24, 2.45) is 0 Å². The molecular formula is C15H14ClFO. The van der Waals surface area contributed by atoms with Crippen LogP contribution in [0.1, 0.15) is 17.0 Å². The van der Waals surface area contributed by atoms with Crippen LogP contribution >= 0.6 is 11.6 Å². The molecule has 0 aliphatic rings. The zero-order chi connectivity index (χ0) is 13.0. The van der Waals surface area contributed by atoms with Gasteiger partial charge in [0.05, 0.1) is 6.61 Å². The maximum absolute atomic E-state index is 13.2. The summed E-state index contributed by atoms with van der Waals surface area (Å²) in [7, 11) is 0. The fourth-order valence-electron chi connectivity index (χ4n) is 2.00. The maximum Gasteiger partial charge on any atom is 0.123 e. The van der Waals surface area contributed by atoms with Crippen molar-refractivity contribution < 1.29 is 9.50 Å². The van der Waals surface area contributed by atoms with Gasteiger partial charge in [-0.15, -0.1) is 0 Å². The largest absolute Gasteiger partial charge is 0.396 e. The Kier molecular flexibility index (Phi) is 4.34. The van der Waals surface area contributed by atoms with E-state index < -0.39 is 0 Å². The SMILES string of the molecule is OCC(Cc1cccc(Cl)c1)c1cccc(F)c1. The van der Waals surface area contributed by atoms with Crippen LogP contribution in [-0.2, 0) is 6.42 Å². The van der Waals surface area contributed by atoms with E-state index in [1.54, 1.807) is 12.1 Å². The highest BCUT2D eigenvalue weighted by Gasteiger charge is 2.12. The highest BCUT2D eigenvalue weighted by molar-refractivity contribution is 6.30. The molecule has 2 aromatic rings. The number of benzene rings is 2. The van der Waals surface area contributed by atoms with Crippen LogP contribution in [-0.4, -0.2) is 11.7 Å². The average molecular weight is 265 g/mol. The molecule has 0 radical (unpaired) electrons. The van der Waals surface area contributed by atoms with Gasteiger partial charge in [0, 0.05) is 10.9 Å². The third kappa shape index (κ3) is 3.31. The summed E-state index contributed by atoms with van der Waals surface area (Å²) < 4.78 is 13.2. The molecule has 94 valence electrons. The molecule has 0 aromatic heterocycles. The first-order valence-corrected chi connectivity index (χ1v) is 6.17. The number of rotatable bonds is 4. The highest BCUT2D eigenvalue weighted by atomic mass is 35.5. The molecule has 0 spiro atoms. The Morgan fingerprint density at radius 3 is 2.56 bits per heavy atom. The number of aliphatic hydroxyl groups excluding tert-OH is 1. The van der Waals surface area contributed by atoms with Gasteiger partial charge in [-0.3, -0.25) is 0 Å².